The Morgan fingerprint density at radius 2 is 2.17 bits per heavy atom. The van der Waals surface area contributed by atoms with Gasteiger partial charge in [-0.2, -0.15) is 0 Å². The maximum Gasteiger partial charge on any atom is 0.130 e. The molecule has 0 spiro atoms. The SMILES string of the molecule is C=C(Cn1ccnc1)[C@H]1CC[C@H]2[C@@H]3CC=C4C[C@](O)(C#CCl)CC[C@@H]4[C@H]3CC[C@]12C. The van der Waals surface area contributed by atoms with Gasteiger partial charge in [-0.3, -0.25) is 0 Å². The normalized spacial score (nSPS) is 42.2. The second-order valence-corrected chi connectivity index (χ2v) is 10.8. The minimum Gasteiger partial charge on any atom is -0.377 e. The molecule has 30 heavy (non-hydrogen) atoms. The molecule has 7 atom stereocenters. The van der Waals surface area contributed by atoms with Crippen LogP contribution in [0.4, 0.5) is 0 Å². The molecule has 1 heterocycles. The van der Waals surface area contributed by atoms with Crippen molar-refractivity contribution in [3.63, 3.8) is 0 Å². The second-order valence-electron chi connectivity index (χ2n) is 10.6. The maximum absolute atomic E-state index is 10.8. The molecule has 0 amide bonds. The Balaban J connectivity index is 1.34. The van der Waals surface area contributed by atoms with Crippen LogP contribution in [-0.2, 0) is 6.54 Å². The molecule has 1 aromatic rings. The number of hydrogen-bond acceptors (Lipinski definition) is 2. The first-order valence-corrected chi connectivity index (χ1v) is 12.0. The van der Waals surface area contributed by atoms with E-state index < -0.39 is 5.60 Å². The number of imidazole rings is 1. The fourth-order valence-electron chi connectivity index (χ4n) is 7.88. The van der Waals surface area contributed by atoms with E-state index in [2.05, 4.69) is 40.4 Å². The van der Waals surface area contributed by atoms with Gasteiger partial charge in [-0.15, -0.1) is 0 Å². The summed E-state index contributed by atoms with van der Waals surface area (Å²) in [6, 6.07) is 0. The molecule has 1 aromatic heterocycles. The number of aliphatic hydroxyl groups is 1. The highest BCUT2D eigenvalue weighted by atomic mass is 35.5. The van der Waals surface area contributed by atoms with Gasteiger partial charge in [0, 0.05) is 30.7 Å². The molecule has 4 aliphatic carbocycles. The molecule has 3 saturated carbocycles. The van der Waals surface area contributed by atoms with E-state index in [1.54, 1.807) is 0 Å². The van der Waals surface area contributed by atoms with Crippen LogP contribution in [0.3, 0.4) is 0 Å². The lowest BCUT2D eigenvalue weighted by Gasteiger charge is -2.54. The predicted molar refractivity (Wildman–Crippen MR) is 121 cm³/mol. The van der Waals surface area contributed by atoms with Crippen LogP contribution in [0.15, 0.2) is 42.5 Å². The van der Waals surface area contributed by atoms with E-state index in [-0.39, 0.29) is 0 Å². The number of allylic oxidation sites excluding steroid dienone is 2. The van der Waals surface area contributed by atoms with Crippen molar-refractivity contribution in [3.05, 3.63) is 42.5 Å². The van der Waals surface area contributed by atoms with Crippen molar-refractivity contribution in [2.75, 3.05) is 0 Å². The van der Waals surface area contributed by atoms with E-state index in [9.17, 15) is 5.11 Å². The van der Waals surface area contributed by atoms with E-state index in [0.29, 0.717) is 23.7 Å². The highest BCUT2D eigenvalue weighted by molar-refractivity contribution is 6.30. The Morgan fingerprint density at radius 3 is 2.93 bits per heavy atom. The molecule has 0 unspecified atom stereocenters. The zero-order valence-corrected chi connectivity index (χ0v) is 18.7. The van der Waals surface area contributed by atoms with Crippen molar-refractivity contribution in [2.45, 2.75) is 70.4 Å². The highest BCUT2D eigenvalue weighted by Gasteiger charge is 2.56. The monoisotopic (exact) mass is 424 g/mol. The average Bonchev–Trinajstić information content (AvgIpc) is 3.34. The Bertz CT molecular complexity index is 909. The van der Waals surface area contributed by atoms with Gasteiger partial charge in [0.2, 0.25) is 0 Å². The van der Waals surface area contributed by atoms with E-state index in [1.165, 1.54) is 43.3 Å². The molecule has 3 nitrogen and oxygen atoms in total. The molecule has 0 radical (unpaired) electrons. The van der Waals surface area contributed by atoms with Crippen molar-refractivity contribution < 1.29 is 5.11 Å². The summed E-state index contributed by atoms with van der Waals surface area (Å²) in [5, 5.41) is 13.2. The average molecular weight is 425 g/mol. The van der Waals surface area contributed by atoms with Gasteiger partial charge in [-0.25, -0.2) is 4.98 Å². The quantitative estimate of drug-likeness (QED) is 0.509. The van der Waals surface area contributed by atoms with E-state index in [4.69, 9.17) is 11.6 Å². The molecular weight excluding hydrogens is 392 g/mol. The Kier molecular flexibility index (Phi) is 5.15. The molecule has 0 aliphatic heterocycles. The summed E-state index contributed by atoms with van der Waals surface area (Å²) in [7, 11) is 0. The second kappa shape index (κ2) is 7.57. The first kappa shape index (κ1) is 20.4. The standard InChI is InChI=1S/C26H33ClN2O/c1-18(16-29-14-13-28-17-29)23-5-6-24-22-4-3-19-15-26(30,11-12-27)10-8-20(19)21(22)7-9-25(23,24)2/h3,13-14,17,20-24,30H,1,4-10,15-16H2,2H3/t20-,21+,22+,23+,24-,25+,26+/m0/s1. The van der Waals surface area contributed by atoms with Crippen molar-refractivity contribution in [3.8, 4) is 11.3 Å². The Hall–Kier alpha value is -1.50. The summed E-state index contributed by atoms with van der Waals surface area (Å²) < 4.78 is 2.16. The third kappa shape index (κ3) is 3.28. The third-order valence-corrected chi connectivity index (χ3v) is 9.32. The zero-order chi connectivity index (χ0) is 20.9. The smallest absolute Gasteiger partial charge is 0.130 e. The van der Waals surface area contributed by atoms with Crippen LogP contribution in [0.25, 0.3) is 0 Å². The Morgan fingerprint density at radius 1 is 1.30 bits per heavy atom. The van der Waals surface area contributed by atoms with Gasteiger partial charge >= 0.3 is 0 Å². The summed E-state index contributed by atoms with van der Waals surface area (Å²) >= 11 is 5.62. The van der Waals surface area contributed by atoms with Gasteiger partial charge in [0.25, 0.3) is 0 Å². The van der Waals surface area contributed by atoms with Gasteiger partial charge in [-0.05, 0) is 91.6 Å². The third-order valence-electron chi connectivity index (χ3n) is 9.22. The highest BCUT2D eigenvalue weighted by Crippen LogP contribution is 2.64. The van der Waals surface area contributed by atoms with Crippen LogP contribution in [0.5, 0.6) is 0 Å². The summed E-state index contributed by atoms with van der Waals surface area (Å²) in [4.78, 5) is 4.20. The van der Waals surface area contributed by atoms with Crippen LogP contribution in [0.1, 0.15) is 58.3 Å². The first-order chi connectivity index (χ1) is 14.4. The topological polar surface area (TPSA) is 38.0 Å². The molecule has 160 valence electrons. The summed E-state index contributed by atoms with van der Waals surface area (Å²) in [6.07, 6.45) is 17.2. The number of nitrogens with zero attached hydrogens (tertiary/aromatic N) is 2. The summed E-state index contributed by atoms with van der Waals surface area (Å²) in [6.45, 7) is 7.99. The molecule has 4 heteroatoms. The maximum atomic E-state index is 10.8. The van der Waals surface area contributed by atoms with Crippen LogP contribution in [0.2, 0.25) is 0 Å². The molecule has 0 saturated heterocycles. The molecular formula is C26H33ClN2O. The van der Waals surface area contributed by atoms with Crippen molar-refractivity contribution in [2.24, 2.45) is 35.0 Å². The summed E-state index contributed by atoms with van der Waals surface area (Å²) in [5.41, 5.74) is 2.30. The van der Waals surface area contributed by atoms with Crippen molar-refractivity contribution in [1.82, 2.24) is 9.55 Å². The number of aromatic nitrogens is 2. The van der Waals surface area contributed by atoms with Crippen molar-refractivity contribution >= 4 is 11.6 Å². The van der Waals surface area contributed by atoms with Gasteiger partial charge in [0.15, 0.2) is 0 Å². The van der Waals surface area contributed by atoms with Gasteiger partial charge in [0.05, 0.1) is 6.33 Å². The van der Waals surface area contributed by atoms with Crippen LogP contribution < -0.4 is 0 Å². The minimum atomic E-state index is -0.913. The number of halogens is 1. The fourth-order valence-corrected chi connectivity index (χ4v) is 8.06. The largest absolute Gasteiger partial charge is 0.377 e. The zero-order valence-electron chi connectivity index (χ0n) is 18.0. The predicted octanol–water partition coefficient (Wildman–Crippen LogP) is 5.56. The molecule has 3 fully saturated rings. The van der Waals surface area contributed by atoms with E-state index in [0.717, 1.165) is 37.1 Å². The lowest BCUT2D eigenvalue weighted by atomic mass is 9.51. The molecule has 0 bridgehead atoms. The first-order valence-electron chi connectivity index (χ1n) is 11.6. The minimum absolute atomic E-state index is 0.379. The van der Waals surface area contributed by atoms with Gasteiger partial charge < -0.3 is 9.67 Å². The molecule has 5 rings (SSSR count). The number of hydrogen-bond donors (Lipinski definition) is 1. The molecule has 4 aliphatic rings. The molecule has 1 N–H and O–H groups in total. The summed E-state index contributed by atoms with van der Waals surface area (Å²) in [5.74, 6) is 6.47. The van der Waals surface area contributed by atoms with Gasteiger partial charge in [-0.1, -0.05) is 36.6 Å². The van der Waals surface area contributed by atoms with E-state index in [1.807, 2.05) is 18.7 Å². The molecule has 0 aromatic carbocycles. The van der Waals surface area contributed by atoms with Crippen molar-refractivity contribution in [1.29, 1.82) is 0 Å². The fraction of sp³-hybridized carbons (Fsp3) is 0.654. The lowest BCUT2D eigenvalue weighted by Crippen LogP contribution is -2.47. The number of fused-ring (bicyclic) bond motifs is 5. The van der Waals surface area contributed by atoms with Crippen LogP contribution in [0, 0.1) is 46.3 Å². The number of rotatable bonds is 3. The van der Waals surface area contributed by atoms with E-state index >= 15 is 0 Å². The van der Waals surface area contributed by atoms with Crippen LogP contribution >= 0.6 is 11.6 Å². The Labute approximate surface area is 185 Å². The van der Waals surface area contributed by atoms with Gasteiger partial charge in [0.1, 0.15) is 5.60 Å². The van der Waals surface area contributed by atoms with Crippen LogP contribution in [-0.4, -0.2) is 20.3 Å². The lowest BCUT2D eigenvalue weighted by molar-refractivity contribution is -0.0204.